The molecular weight excluding hydrogens is 413 g/mol. The van der Waals surface area contributed by atoms with Gasteiger partial charge in [0.25, 0.3) is 0 Å². The molecule has 2 aromatic heterocycles. The fourth-order valence-corrected chi connectivity index (χ4v) is 4.18. The molecule has 4 N–H and O–H groups in total. The Morgan fingerprint density at radius 3 is 2.68 bits per heavy atom. The zero-order valence-electron chi connectivity index (χ0n) is 17.5. The van der Waals surface area contributed by atoms with E-state index in [1.54, 1.807) is 12.3 Å². The van der Waals surface area contributed by atoms with Crippen LogP contribution in [0, 0.1) is 12.7 Å². The largest absolute Gasteiger partial charge is 0.367 e. The average Bonchev–Trinajstić information content (AvgIpc) is 2.75. The molecule has 5 nitrogen and oxygen atoms in total. The molecule has 1 aromatic carbocycles. The molecule has 0 saturated heterocycles. The fourth-order valence-electron chi connectivity index (χ4n) is 3.97. The molecule has 0 atom stereocenters. The van der Waals surface area contributed by atoms with Crippen LogP contribution in [0.1, 0.15) is 36.9 Å². The summed E-state index contributed by atoms with van der Waals surface area (Å²) in [5.74, 6) is 1.27. The van der Waals surface area contributed by atoms with Crippen LogP contribution in [0.4, 0.5) is 16.0 Å². The van der Waals surface area contributed by atoms with Crippen molar-refractivity contribution in [3.05, 3.63) is 70.8 Å². The summed E-state index contributed by atoms with van der Waals surface area (Å²) in [6, 6.07) is 13.2. The van der Waals surface area contributed by atoms with Crippen molar-refractivity contribution in [2.75, 3.05) is 10.6 Å². The summed E-state index contributed by atoms with van der Waals surface area (Å²) in [5.41, 5.74) is 9.58. The van der Waals surface area contributed by atoms with Crippen LogP contribution in [-0.4, -0.2) is 22.1 Å². The SMILES string of the molecule is Cc1cc(-c2cc(NC3CCC(N)CC3)ncc2Cl)cc(NCc2cccc(F)c2)n1. The molecule has 1 saturated carbocycles. The van der Waals surface area contributed by atoms with E-state index in [2.05, 4.69) is 20.6 Å². The molecule has 4 rings (SSSR count). The highest BCUT2D eigenvalue weighted by atomic mass is 35.5. The van der Waals surface area contributed by atoms with E-state index in [0.717, 1.165) is 53.9 Å². The lowest BCUT2D eigenvalue weighted by atomic mass is 9.92. The molecule has 3 aromatic rings. The predicted octanol–water partition coefficient (Wildman–Crippen LogP) is 5.54. The lowest BCUT2D eigenvalue weighted by molar-refractivity contribution is 0.410. The lowest BCUT2D eigenvalue weighted by Crippen LogP contribution is -2.33. The van der Waals surface area contributed by atoms with E-state index in [0.29, 0.717) is 29.5 Å². The monoisotopic (exact) mass is 439 g/mol. The third kappa shape index (κ3) is 5.71. The smallest absolute Gasteiger partial charge is 0.127 e. The number of hydrogen-bond donors (Lipinski definition) is 3. The van der Waals surface area contributed by atoms with Gasteiger partial charge in [0.2, 0.25) is 0 Å². The minimum absolute atomic E-state index is 0.249. The number of aromatic nitrogens is 2. The van der Waals surface area contributed by atoms with Gasteiger partial charge in [-0.2, -0.15) is 0 Å². The molecule has 2 heterocycles. The highest BCUT2D eigenvalue weighted by Crippen LogP contribution is 2.32. The number of aryl methyl sites for hydroxylation is 1. The maximum Gasteiger partial charge on any atom is 0.127 e. The Morgan fingerprint density at radius 1 is 1.10 bits per heavy atom. The number of benzene rings is 1. The second-order valence-electron chi connectivity index (χ2n) is 8.17. The van der Waals surface area contributed by atoms with Gasteiger partial charge < -0.3 is 16.4 Å². The molecule has 0 unspecified atom stereocenters. The van der Waals surface area contributed by atoms with Crippen molar-refractivity contribution in [2.45, 2.75) is 51.2 Å². The van der Waals surface area contributed by atoms with E-state index in [-0.39, 0.29) is 5.82 Å². The summed E-state index contributed by atoms with van der Waals surface area (Å²) in [6.45, 7) is 2.42. The molecular formula is C24H27ClFN5. The highest BCUT2D eigenvalue weighted by molar-refractivity contribution is 6.33. The summed E-state index contributed by atoms with van der Waals surface area (Å²) in [4.78, 5) is 9.02. The first-order chi connectivity index (χ1) is 15.0. The first-order valence-corrected chi connectivity index (χ1v) is 11.0. The Balaban J connectivity index is 1.53. The van der Waals surface area contributed by atoms with Crippen molar-refractivity contribution in [1.29, 1.82) is 0 Å². The number of rotatable bonds is 6. The Labute approximate surface area is 187 Å². The number of nitrogens with two attached hydrogens (primary N) is 1. The van der Waals surface area contributed by atoms with Crippen molar-refractivity contribution in [3.8, 4) is 11.1 Å². The summed E-state index contributed by atoms with van der Waals surface area (Å²) < 4.78 is 13.4. The summed E-state index contributed by atoms with van der Waals surface area (Å²) in [7, 11) is 0. The first-order valence-electron chi connectivity index (χ1n) is 10.6. The van der Waals surface area contributed by atoms with Crippen LogP contribution >= 0.6 is 11.6 Å². The van der Waals surface area contributed by atoms with Crippen molar-refractivity contribution < 1.29 is 4.39 Å². The van der Waals surface area contributed by atoms with Gasteiger partial charge in [-0.15, -0.1) is 0 Å². The first kappa shape index (κ1) is 21.5. The minimum Gasteiger partial charge on any atom is -0.367 e. The Morgan fingerprint density at radius 2 is 1.90 bits per heavy atom. The van der Waals surface area contributed by atoms with Gasteiger partial charge in [-0.25, -0.2) is 14.4 Å². The van der Waals surface area contributed by atoms with Crippen LogP contribution in [0.25, 0.3) is 11.1 Å². The van der Waals surface area contributed by atoms with Gasteiger partial charge in [0.1, 0.15) is 17.5 Å². The van der Waals surface area contributed by atoms with Gasteiger partial charge in [0, 0.05) is 36.1 Å². The van der Waals surface area contributed by atoms with Gasteiger partial charge >= 0.3 is 0 Å². The van der Waals surface area contributed by atoms with Crippen molar-refractivity contribution in [3.63, 3.8) is 0 Å². The fraction of sp³-hybridized carbons (Fsp3) is 0.333. The van der Waals surface area contributed by atoms with Crippen LogP contribution in [0.5, 0.6) is 0 Å². The Bertz CT molecular complexity index is 1050. The molecule has 1 fully saturated rings. The summed E-state index contributed by atoms with van der Waals surface area (Å²) >= 11 is 6.50. The Hall–Kier alpha value is -2.70. The third-order valence-electron chi connectivity index (χ3n) is 5.61. The van der Waals surface area contributed by atoms with E-state index in [1.165, 1.54) is 12.1 Å². The third-order valence-corrected chi connectivity index (χ3v) is 5.91. The van der Waals surface area contributed by atoms with Crippen LogP contribution in [-0.2, 0) is 6.54 Å². The quantitative estimate of drug-likeness (QED) is 0.470. The normalized spacial score (nSPS) is 18.6. The maximum absolute atomic E-state index is 13.4. The average molecular weight is 440 g/mol. The summed E-state index contributed by atoms with van der Waals surface area (Å²) in [5, 5.41) is 7.39. The predicted molar refractivity (Wildman–Crippen MR) is 125 cm³/mol. The zero-order chi connectivity index (χ0) is 21.8. The van der Waals surface area contributed by atoms with Crippen molar-refractivity contribution >= 4 is 23.2 Å². The van der Waals surface area contributed by atoms with Crippen molar-refractivity contribution in [1.82, 2.24) is 9.97 Å². The van der Waals surface area contributed by atoms with E-state index >= 15 is 0 Å². The molecule has 31 heavy (non-hydrogen) atoms. The second-order valence-corrected chi connectivity index (χ2v) is 8.58. The highest BCUT2D eigenvalue weighted by Gasteiger charge is 2.19. The molecule has 1 aliphatic carbocycles. The maximum atomic E-state index is 13.4. The van der Waals surface area contributed by atoms with Crippen LogP contribution in [0.3, 0.4) is 0 Å². The van der Waals surface area contributed by atoms with Crippen LogP contribution in [0.2, 0.25) is 5.02 Å². The number of nitrogens with one attached hydrogen (secondary N) is 2. The number of anilines is 2. The van der Waals surface area contributed by atoms with Crippen LogP contribution < -0.4 is 16.4 Å². The van der Waals surface area contributed by atoms with Crippen molar-refractivity contribution in [2.24, 2.45) is 5.73 Å². The molecule has 0 aliphatic heterocycles. The molecule has 162 valence electrons. The Kier molecular flexibility index (Phi) is 6.68. The van der Waals surface area contributed by atoms with Crippen LogP contribution in [0.15, 0.2) is 48.7 Å². The molecule has 1 aliphatic rings. The molecule has 0 amide bonds. The molecule has 0 bridgehead atoms. The summed E-state index contributed by atoms with van der Waals surface area (Å²) in [6.07, 6.45) is 5.83. The minimum atomic E-state index is -0.249. The van der Waals surface area contributed by atoms with Gasteiger partial charge in [0.15, 0.2) is 0 Å². The van der Waals surface area contributed by atoms with Gasteiger partial charge in [0.05, 0.1) is 5.02 Å². The van der Waals surface area contributed by atoms with E-state index < -0.39 is 0 Å². The number of halogens is 2. The molecule has 0 spiro atoms. The van der Waals surface area contributed by atoms with E-state index in [4.69, 9.17) is 17.3 Å². The lowest BCUT2D eigenvalue weighted by Gasteiger charge is -2.27. The molecule has 0 radical (unpaired) electrons. The second kappa shape index (κ2) is 9.62. The molecule has 7 heteroatoms. The topological polar surface area (TPSA) is 75.9 Å². The van der Waals surface area contributed by atoms with Gasteiger partial charge in [-0.1, -0.05) is 23.7 Å². The number of hydrogen-bond acceptors (Lipinski definition) is 5. The van der Waals surface area contributed by atoms with Gasteiger partial charge in [-0.05, 0) is 74.1 Å². The zero-order valence-corrected chi connectivity index (χ0v) is 18.3. The van der Waals surface area contributed by atoms with E-state index in [1.807, 2.05) is 31.2 Å². The number of nitrogens with zero attached hydrogens (tertiary/aromatic N) is 2. The number of pyridine rings is 2. The van der Waals surface area contributed by atoms with E-state index in [9.17, 15) is 4.39 Å². The van der Waals surface area contributed by atoms with Gasteiger partial charge in [-0.3, -0.25) is 0 Å². The standard InChI is InChI=1S/C24H27ClFN5/c1-15-9-17(11-23(30-15)28-13-16-3-2-4-18(26)10-16)21-12-24(29-14-22(21)25)31-20-7-5-19(27)6-8-20/h2-4,9-12,14,19-20H,5-8,13,27H2,1H3,(H,28,30)(H,29,31).